The molecule has 1 heterocycles. The van der Waals surface area contributed by atoms with E-state index in [2.05, 4.69) is 65.8 Å². The monoisotopic (exact) mass is 465 g/mol. The molecule has 0 atom stereocenters. The molecule has 0 radical (unpaired) electrons. The molecule has 2 N–H and O–H groups in total. The van der Waals surface area contributed by atoms with E-state index in [9.17, 15) is 9.59 Å². The van der Waals surface area contributed by atoms with Gasteiger partial charge in [0.1, 0.15) is 0 Å². The molecule has 0 saturated heterocycles. The first-order valence-corrected chi connectivity index (χ1v) is 11.5. The first-order chi connectivity index (χ1) is 15.7. The lowest BCUT2D eigenvalue weighted by molar-refractivity contribution is -0.118. The number of rotatable bonds is 8. The number of hydrogen-bond donors (Lipinski definition) is 2. The van der Waals surface area contributed by atoms with Gasteiger partial charge in [-0.1, -0.05) is 68.9 Å². The summed E-state index contributed by atoms with van der Waals surface area (Å²) in [6.07, 6.45) is 1.46. The normalized spacial score (nSPS) is 11.6. The molecule has 0 bridgehead atoms. The summed E-state index contributed by atoms with van der Waals surface area (Å²) in [5.74, 6) is -0.367. The van der Waals surface area contributed by atoms with E-state index in [1.54, 1.807) is 12.1 Å². The predicted octanol–water partition coefficient (Wildman–Crippen LogP) is 4.20. The molecule has 2 aromatic carbocycles. The average Bonchev–Trinajstić information content (AvgIpc) is 3.20. The minimum Gasteiger partial charge on any atom is -0.478 e. The Balaban J connectivity index is 1.59. The number of thioether (sulfide) groups is 1. The van der Waals surface area contributed by atoms with Crippen LogP contribution in [0.1, 0.15) is 49.2 Å². The van der Waals surface area contributed by atoms with Gasteiger partial charge >= 0.3 is 5.97 Å². The van der Waals surface area contributed by atoms with Crippen molar-refractivity contribution in [3.63, 3.8) is 0 Å². The average molecular weight is 466 g/mol. The van der Waals surface area contributed by atoms with E-state index in [1.165, 1.54) is 35.7 Å². The number of nitrogens with one attached hydrogen (secondary N) is 1. The lowest BCUT2D eigenvalue weighted by Crippen LogP contribution is -2.20. The highest BCUT2D eigenvalue weighted by Gasteiger charge is 2.17. The zero-order chi connectivity index (χ0) is 24.0. The number of amides is 1. The van der Waals surface area contributed by atoms with Crippen LogP contribution in [0.3, 0.4) is 0 Å². The Morgan fingerprint density at radius 3 is 2.33 bits per heavy atom. The quantitative estimate of drug-likeness (QED) is 0.293. The molecule has 172 valence electrons. The Morgan fingerprint density at radius 2 is 1.76 bits per heavy atom. The topological polar surface area (TPSA) is 109 Å². The van der Waals surface area contributed by atoms with Gasteiger partial charge in [-0.3, -0.25) is 4.79 Å². The number of benzene rings is 2. The Hall–Kier alpha value is -3.46. The van der Waals surface area contributed by atoms with Gasteiger partial charge in [0.2, 0.25) is 0 Å². The third kappa shape index (κ3) is 6.29. The number of nitrogens with zero attached hydrogens (tertiary/aromatic N) is 4. The standard InChI is InChI=1S/C24H27N5O3S/c1-5-29-21(17-10-12-19(13-11-17)24(2,3)4)27-28-23(29)33-15-20(30)26-25-14-16-6-8-18(9-7-16)22(31)32/h6-14H,5,15H2,1-4H3,(H,26,30)(H,31,32). The van der Waals surface area contributed by atoms with Crippen LogP contribution in [0, 0.1) is 0 Å². The summed E-state index contributed by atoms with van der Waals surface area (Å²) in [6.45, 7) is 9.22. The summed E-state index contributed by atoms with van der Waals surface area (Å²) in [5.41, 5.74) is 5.65. The minimum atomic E-state index is -0.992. The first-order valence-electron chi connectivity index (χ1n) is 10.5. The van der Waals surface area contributed by atoms with Crippen molar-refractivity contribution in [1.29, 1.82) is 0 Å². The molecule has 1 aromatic heterocycles. The molecule has 3 aromatic rings. The SMILES string of the molecule is CCn1c(SCC(=O)NN=Cc2ccc(C(=O)O)cc2)nnc1-c1ccc(C(C)(C)C)cc1. The first kappa shape index (κ1) is 24.2. The van der Waals surface area contributed by atoms with Crippen molar-refractivity contribution < 1.29 is 14.7 Å². The summed E-state index contributed by atoms with van der Waals surface area (Å²) < 4.78 is 1.98. The second kappa shape index (κ2) is 10.4. The van der Waals surface area contributed by atoms with Gasteiger partial charge in [-0.2, -0.15) is 5.10 Å². The Bertz CT molecular complexity index is 1150. The van der Waals surface area contributed by atoms with E-state index in [0.717, 1.165) is 11.4 Å². The zero-order valence-corrected chi connectivity index (χ0v) is 19.9. The third-order valence-corrected chi connectivity index (χ3v) is 5.90. The van der Waals surface area contributed by atoms with Crippen LogP contribution < -0.4 is 5.43 Å². The van der Waals surface area contributed by atoms with Crippen molar-refractivity contribution in [2.75, 3.05) is 5.75 Å². The summed E-state index contributed by atoms with van der Waals surface area (Å²) >= 11 is 1.29. The molecule has 3 rings (SSSR count). The molecule has 0 unspecified atom stereocenters. The van der Waals surface area contributed by atoms with E-state index in [1.807, 2.05) is 11.5 Å². The smallest absolute Gasteiger partial charge is 0.335 e. The highest BCUT2D eigenvalue weighted by molar-refractivity contribution is 7.99. The van der Waals surface area contributed by atoms with Crippen LogP contribution in [0.25, 0.3) is 11.4 Å². The van der Waals surface area contributed by atoms with Crippen molar-refractivity contribution in [3.8, 4) is 11.4 Å². The van der Waals surface area contributed by atoms with Crippen LogP contribution in [0.2, 0.25) is 0 Å². The molecular weight excluding hydrogens is 438 g/mol. The highest BCUT2D eigenvalue weighted by atomic mass is 32.2. The van der Waals surface area contributed by atoms with Gasteiger partial charge in [0.05, 0.1) is 17.5 Å². The molecule has 33 heavy (non-hydrogen) atoms. The number of hydrogen-bond acceptors (Lipinski definition) is 6. The van der Waals surface area contributed by atoms with Crippen LogP contribution in [-0.2, 0) is 16.8 Å². The fourth-order valence-electron chi connectivity index (χ4n) is 3.07. The largest absolute Gasteiger partial charge is 0.478 e. The number of aromatic nitrogens is 3. The van der Waals surface area contributed by atoms with Crippen LogP contribution in [0.15, 0.2) is 58.8 Å². The maximum absolute atomic E-state index is 12.2. The van der Waals surface area contributed by atoms with Gasteiger partial charge < -0.3 is 9.67 Å². The molecule has 0 fully saturated rings. The van der Waals surface area contributed by atoms with E-state index < -0.39 is 5.97 Å². The molecule has 0 spiro atoms. The Labute approximate surface area is 197 Å². The summed E-state index contributed by atoms with van der Waals surface area (Å²) in [4.78, 5) is 23.1. The molecule has 0 aliphatic rings. The van der Waals surface area contributed by atoms with Crippen LogP contribution in [0.5, 0.6) is 0 Å². The minimum absolute atomic E-state index is 0.0791. The Kier molecular flexibility index (Phi) is 7.65. The molecule has 0 saturated carbocycles. The van der Waals surface area contributed by atoms with Gasteiger partial charge in [-0.15, -0.1) is 10.2 Å². The van der Waals surface area contributed by atoms with E-state index in [4.69, 9.17) is 5.11 Å². The molecule has 0 aliphatic carbocycles. The van der Waals surface area contributed by atoms with E-state index in [0.29, 0.717) is 17.3 Å². The molecule has 0 aliphatic heterocycles. The van der Waals surface area contributed by atoms with Crippen molar-refractivity contribution >= 4 is 29.9 Å². The number of carbonyl (C=O) groups excluding carboxylic acids is 1. The second-order valence-electron chi connectivity index (χ2n) is 8.39. The zero-order valence-electron chi connectivity index (χ0n) is 19.1. The fraction of sp³-hybridized carbons (Fsp3) is 0.292. The molecule has 1 amide bonds. The highest BCUT2D eigenvalue weighted by Crippen LogP contribution is 2.27. The summed E-state index contributed by atoms with van der Waals surface area (Å²) in [6, 6.07) is 14.5. The van der Waals surface area contributed by atoms with Crippen LogP contribution >= 0.6 is 11.8 Å². The fourth-order valence-corrected chi connectivity index (χ4v) is 3.86. The Morgan fingerprint density at radius 1 is 1.09 bits per heavy atom. The summed E-state index contributed by atoms with van der Waals surface area (Å²) in [7, 11) is 0. The van der Waals surface area contributed by atoms with Gasteiger partial charge in [0.25, 0.3) is 5.91 Å². The number of carbonyl (C=O) groups is 2. The lowest BCUT2D eigenvalue weighted by Gasteiger charge is -2.19. The maximum Gasteiger partial charge on any atom is 0.335 e. The molecular formula is C24H27N5O3S. The van der Waals surface area contributed by atoms with Gasteiger partial charge in [0.15, 0.2) is 11.0 Å². The number of hydrazone groups is 1. The van der Waals surface area contributed by atoms with Gasteiger partial charge in [0, 0.05) is 12.1 Å². The van der Waals surface area contributed by atoms with Gasteiger partial charge in [-0.25, -0.2) is 10.2 Å². The van der Waals surface area contributed by atoms with Crippen molar-refractivity contribution in [2.24, 2.45) is 5.10 Å². The predicted molar refractivity (Wildman–Crippen MR) is 130 cm³/mol. The van der Waals surface area contributed by atoms with Crippen molar-refractivity contribution in [1.82, 2.24) is 20.2 Å². The van der Waals surface area contributed by atoms with Crippen LogP contribution in [0.4, 0.5) is 0 Å². The van der Waals surface area contributed by atoms with Gasteiger partial charge in [-0.05, 0) is 35.6 Å². The summed E-state index contributed by atoms with van der Waals surface area (Å²) in [5, 5.41) is 22.1. The van der Waals surface area contributed by atoms with Crippen molar-refractivity contribution in [3.05, 3.63) is 65.2 Å². The maximum atomic E-state index is 12.2. The van der Waals surface area contributed by atoms with Crippen molar-refractivity contribution in [2.45, 2.75) is 44.8 Å². The van der Waals surface area contributed by atoms with Crippen LogP contribution in [-0.4, -0.2) is 43.7 Å². The lowest BCUT2D eigenvalue weighted by atomic mass is 9.87. The van der Waals surface area contributed by atoms with E-state index >= 15 is 0 Å². The molecule has 9 heteroatoms. The number of carboxylic acids is 1. The third-order valence-electron chi connectivity index (χ3n) is 4.94. The number of carboxylic acid groups (broad SMARTS) is 1. The van der Waals surface area contributed by atoms with E-state index in [-0.39, 0.29) is 22.6 Å². The molecule has 8 nitrogen and oxygen atoms in total. The number of aromatic carboxylic acids is 1. The second-order valence-corrected chi connectivity index (χ2v) is 9.33.